The number of phenolic OH excluding ortho intramolecular Hbond substituents is 1. The van der Waals surface area contributed by atoms with Gasteiger partial charge in [-0.3, -0.25) is 4.21 Å². The lowest BCUT2D eigenvalue weighted by atomic mass is 10.1. The molecule has 1 unspecified atom stereocenters. The average Bonchev–Trinajstić information content (AvgIpc) is 2.42. The number of halogens is 1. The molecular weight excluding hydrogens is 263 g/mol. The summed E-state index contributed by atoms with van der Waals surface area (Å²) in [5.74, 6) is -0.274. The predicted octanol–water partition coefficient (Wildman–Crippen LogP) is 3.96. The molecule has 0 fully saturated rings. The van der Waals surface area contributed by atoms with E-state index in [0.29, 0.717) is 16.0 Å². The number of rotatable bonds is 2. The highest BCUT2D eigenvalue weighted by Gasteiger charge is 2.07. The molecule has 0 aliphatic carbocycles. The summed E-state index contributed by atoms with van der Waals surface area (Å²) in [7, 11) is -1.19. The topological polar surface area (TPSA) is 37.3 Å². The molecule has 1 N–H and O–H groups in total. The second-order valence-electron chi connectivity index (χ2n) is 3.64. The highest BCUT2D eigenvalue weighted by molar-refractivity contribution is 7.84. The summed E-state index contributed by atoms with van der Waals surface area (Å²) >= 11 is 0. The van der Waals surface area contributed by atoms with Gasteiger partial charge in [-0.2, -0.15) is 0 Å². The second kappa shape index (κ2) is 7.04. The molecule has 0 saturated carbocycles. The van der Waals surface area contributed by atoms with Crippen molar-refractivity contribution < 1.29 is 13.7 Å². The Morgan fingerprint density at radius 1 is 1.05 bits per heavy atom. The van der Waals surface area contributed by atoms with Crippen molar-refractivity contribution in [2.75, 3.05) is 6.26 Å². The van der Waals surface area contributed by atoms with Gasteiger partial charge < -0.3 is 5.11 Å². The minimum Gasteiger partial charge on any atom is -0.508 e. The van der Waals surface area contributed by atoms with Crippen LogP contribution in [0, 0.1) is 5.82 Å². The van der Waals surface area contributed by atoms with Crippen LogP contribution in [0.15, 0.2) is 47.4 Å². The summed E-state index contributed by atoms with van der Waals surface area (Å²) in [6, 6.07) is 10.8. The molecule has 0 heterocycles. The molecule has 2 aromatic carbocycles. The fourth-order valence-electron chi connectivity index (χ4n) is 1.55. The highest BCUT2D eigenvalue weighted by atomic mass is 32.2. The Morgan fingerprint density at radius 2 is 1.63 bits per heavy atom. The lowest BCUT2D eigenvalue weighted by Gasteiger charge is -2.05. The standard InChI is InChI=1S/C13H11FO2S.C2H6/c1-17(16)11-6-7-12(13(14)8-11)9-2-4-10(15)5-3-9;1-2/h2-8,15H,1H3;1-2H3. The first-order valence-electron chi connectivity index (χ1n) is 6.00. The van der Waals surface area contributed by atoms with E-state index in [2.05, 4.69) is 0 Å². The first-order valence-corrected chi connectivity index (χ1v) is 7.56. The molecule has 0 aliphatic rings. The van der Waals surface area contributed by atoms with E-state index in [-0.39, 0.29) is 5.75 Å². The molecule has 19 heavy (non-hydrogen) atoms. The van der Waals surface area contributed by atoms with E-state index in [0.717, 1.165) is 0 Å². The maximum absolute atomic E-state index is 13.8. The van der Waals surface area contributed by atoms with Crippen LogP contribution in [0.1, 0.15) is 13.8 Å². The summed E-state index contributed by atoms with van der Waals surface area (Å²) in [6.45, 7) is 4.00. The van der Waals surface area contributed by atoms with Crippen LogP contribution in [0.5, 0.6) is 5.75 Å². The Bertz CT molecular complexity index is 565. The zero-order valence-electron chi connectivity index (χ0n) is 11.2. The summed E-state index contributed by atoms with van der Waals surface area (Å²) in [4.78, 5) is 0.463. The van der Waals surface area contributed by atoms with E-state index in [1.807, 2.05) is 13.8 Å². The molecule has 102 valence electrons. The quantitative estimate of drug-likeness (QED) is 0.904. The molecule has 2 aromatic rings. The third kappa shape index (κ3) is 3.89. The smallest absolute Gasteiger partial charge is 0.132 e. The Balaban J connectivity index is 0.000000861. The van der Waals surface area contributed by atoms with Crippen LogP contribution in [0.2, 0.25) is 0 Å². The van der Waals surface area contributed by atoms with Gasteiger partial charge in [0.15, 0.2) is 0 Å². The maximum atomic E-state index is 13.8. The monoisotopic (exact) mass is 280 g/mol. The first kappa shape index (κ1) is 15.4. The van der Waals surface area contributed by atoms with Gasteiger partial charge in [0, 0.05) is 27.5 Å². The van der Waals surface area contributed by atoms with Crippen molar-refractivity contribution in [1.82, 2.24) is 0 Å². The lowest BCUT2D eigenvalue weighted by Crippen LogP contribution is -1.91. The summed E-state index contributed by atoms with van der Waals surface area (Å²) in [5.41, 5.74) is 1.10. The first-order chi connectivity index (χ1) is 9.08. The zero-order chi connectivity index (χ0) is 14.4. The van der Waals surface area contributed by atoms with Gasteiger partial charge in [0.2, 0.25) is 0 Å². The molecule has 1 atom stereocenters. The van der Waals surface area contributed by atoms with Crippen molar-refractivity contribution in [3.63, 3.8) is 0 Å². The van der Waals surface area contributed by atoms with E-state index in [4.69, 9.17) is 5.11 Å². The summed E-state index contributed by atoms with van der Waals surface area (Å²) in [5, 5.41) is 9.16. The van der Waals surface area contributed by atoms with Gasteiger partial charge in [0.1, 0.15) is 11.6 Å². The van der Waals surface area contributed by atoms with Crippen LogP contribution in [-0.2, 0) is 10.8 Å². The molecule has 0 aliphatic heterocycles. The number of aromatic hydroxyl groups is 1. The Hall–Kier alpha value is -1.68. The number of phenols is 1. The number of hydrogen-bond acceptors (Lipinski definition) is 2. The Morgan fingerprint density at radius 3 is 2.11 bits per heavy atom. The van der Waals surface area contributed by atoms with Crippen LogP contribution in [0.25, 0.3) is 11.1 Å². The minimum atomic E-state index is -1.19. The molecule has 0 spiro atoms. The van der Waals surface area contributed by atoms with Gasteiger partial charge in [0.25, 0.3) is 0 Å². The maximum Gasteiger partial charge on any atom is 0.132 e. The van der Waals surface area contributed by atoms with Crippen molar-refractivity contribution >= 4 is 10.8 Å². The van der Waals surface area contributed by atoms with Crippen LogP contribution in [0.3, 0.4) is 0 Å². The second-order valence-corrected chi connectivity index (χ2v) is 5.02. The fourth-order valence-corrected chi connectivity index (χ4v) is 2.08. The molecule has 0 bridgehead atoms. The van der Waals surface area contributed by atoms with Crippen LogP contribution >= 0.6 is 0 Å². The van der Waals surface area contributed by atoms with Gasteiger partial charge in [-0.25, -0.2) is 4.39 Å². The van der Waals surface area contributed by atoms with E-state index >= 15 is 0 Å². The van der Waals surface area contributed by atoms with Crippen molar-refractivity contribution in [3.8, 4) is 16.9 Å². The third-order valence-electron chi connectivity index (χ3n) is 2.45. The van der Waals surface area contributed by atoms with E-state index < -0.39 is 16.6 Å². The van der Waals surface area contributed by atoms with Crippen molar-refractivity contribution in [2.45, 2.75) is 18.7 Å². The fraction of sp³-hybridized carbons (Fsp3) is 0.200. The van der Waals surface area contributed by atoms with Gasteiger partial charge in [-0.05, 0) is 29.8 Å². The SMILES string of the molecule is CC.CS(=O)c1ccc(-c2ccc(O)cc2)c(F)c1. The highest BCUT2D eigenvalue weighted by Crippen LogP contribution is 2.25. The van der Waals surface area contributed by atoms with E-state index in [9.17, 15) is 8.60 Å². The number of hydrogen-bond donors (Lipinski definition) is 1. The van der Waals surface area contributed by atoms with Crippen LogP contribution in [-0.4, -0.2) is 15.6 Å². The third-order valence-corrected chi connectivity index (χ3v) is 3.37. The Labute approximate surface area is 115 Å². The number of benzene rings is 2. The van der Waals surface area contributed by atoms with Crippen molar-refractivity contribution in [3.05, 3.63) is 48.3 Å². The van der Waals surface area contributed by atoms with Gasteiger partial charge in [-0.1, -0.05) is 32.0 Å². The van der Waals surface area contributed by atoms with Gasteiger partial charge >= 0.3 is 0 Å². The minimum absolute atomic E-state index is 0.139. The van der Waals surface area contributed by atoms with Gasteiger partial charge in [-0.15, -0.1) is 0 Å². The summed E-state index contributed by atoms with van der Waals surface area (Å²) < 4.78 is 25.0. The van der Waals surface area contributed by atoms with E-state index in [1.54, 1.807) is 24.3 Å². The van der Waals surface area contributed by atoms with Crippen LogP contribution < -0.4 is 0 Å². The predicted molar refractivity (Wildman–Crippen MR) is 77.2 cm³/mol. The average molecular weight is 280 g/mol. The Kier molecular flexibility index (Phi) is 5.70. The van der Waals surface area contributed by atoms with Crippen LogP contribution in [0.4, 0.5) is 4.39 Å². The molecule has 0 saturated heterocycles. The van der Waals surface area contributed by atoms with Crippen molar-refractivity contribution in [2.24, 2.45) is 0 Å². The molecule has 4 heteroatoms. The molecular formula is C15H17FO2S. The molecule has 2 rings (SSSR count). The van der Waals surface area contributed by atoms with Crippen molar-refractivity contribution in [1.29, 1.82) is 0 Å². The van der Waals surface area contributed by atoms with E-state index in [1.165, 1.54) is 24.5 Å². The normalized spacial score (nSPS) is 11.4. The largest absolute Gasteiger partial charge is 0.508 e. The molecule has 0 radical (unpaired) electrons. The molecule has 0 amide bonds. The zero-order valence-corrected chi connectivity index (χ0v) is 12.0. The summed E-state index contributed by atoms with van der Waals surface area (Å²) in [6.07, 6.45) is 1.51. The molecule has 2 nitrogen and oxygen atoms in total. The molecule has 0 aromatic heterocycles. The van der Waals surface area contributed by atoms with Gasteiger partial charge in [0.05, 0.1) is 0 Å². The lowest BCUT2D eigenvalue weighted by molar-refractivity contribution is 0.475.